The molecule has 0 aliphatic heterocycles. The van der Waals surface area contributed by atoms with Gasteiger partial charge in [-0.15, -0.1) is 0 Å². The van der Waals surface area contributed by atoms with E-state index in [4.69, 9.17) is 0 Å². The van der Waals surface area contributed by atoms with Crippen LogP contribution in [-0.2, 0) is 9.59 Å². The van der Waals surface area contributed by atoms with E-state index in [1.807, 2.05) is 32.0 Å². The summed E-state index contributed by atoms with van der Waals surface area (Å²) in [4.78, 5) is 25.3. The summed E-state index contributed by atoms with van der Waals surface area (Å²) in [6.45, 7) is 3.92. The highest BCUT2D eigenvalue weighted by molar-refractivity contribution is 6.10. The smallest absolute Gasteiger partial charge is 0.319 e. The van der Waals surface area contributed by atoms with Crippen LogP contribution < -0.4 is 4.90 Å². The lowest BCUT2D eigenvalue weighted by Gasteiger charge is -2.39. The molecule has 1 saturated carbocycles. The number of rotatable bonds is 3. The van der Waals surface area contributed by atoms with Crippen molar-refractivity contribution >= 4 is 17.6 Å². The Morgan fingerprint density at radius 1 is 1.26 bits per heavy atom. The number of hydrogen-bond acceptors (Lipinski definition) is 2. The van der Waals surface area contributed by atoms with E-state index in [1.165, 1.54) is 4.90 Å². The summed E-state index contributed by atoms with van der Waals surface area (Å²) in [6, 6.07) is 5.80. The molecule has 1 aromatic rings. The van der Waals surface area contributed by atoms with Crippen molar-refractivity contribution < 1.29 is 14.7 Å². The van der Waals surface area contributed by atoms with Gasteiger partial charge in [-0.2, -0.15) is 0 Å². The molecule has 0 unspecified atom stereocenters. The van der Waals surface area contributed by atoms with Gasteiger partial charge < -0.3 is 10.0 Å². The van der Waals surface area contributed by atoms with Crippen LogP contribution in [0.15, 0.2) is 18.2 Å². The first-order valence-electron chi connectivity index (χ1n) is 6.47. The minimum atomic E-state index is -1.20. The number of aryl methyl sites for hydroxylation is 2. The Balaban J connectivity index is 2.31. The Bertz CT molecular complexity index is 532. The number of nitrogens with zero attached hydrogens (tertiary/aromatic N) is 1. The molecule has 0 heterocycles. The average molecular weight is 261 g/mol. The fourth-order valence-corrected chi connectivity index (χ4v) is 2.66. The van der Waals surface area contributed by atoms with Crippen LogP contribution in [0, 0.1) is 19.3 Å². The monoisotopic (exact) mass is 261 g/mol. The first-order chi connectivity index (χ1) is 8.88. The fraction of sp³-hybridized carbons (Fsp3) is 0.467. The van der Waals surface area contributed by atoms with Gasteiger partial charge in [-0.3, -0.25) is 9.59 Å². The Kier molecular flexibility index (Phi) is 3.35. The third kappa shape index (κ3) is 2.11. The third-order valence-corrected chi connectivity index (χ3v) is 4.04. The van der Waals surface area contributed by atoms with Crippen molar-refractivity contribution in [1.82, 2.24) is 0 Å². The number of carbonyl (C=O) groups excluding carboxylic acids is 1. The minimum absolute atomic E-state index is 0.307. The zero-order valence-electron chi connectivity index (χ0n) is 11.6. The normalized spacial score (nSPS) is 16.6. The van der Waals surface area contributed by atoms with Gasteiger partial charge in [0.15, 0.2) is 0 Å². The summed E-state index contributed by atoms with van der Waals surface area (Å²) in [6.07, 6.45) is 1.69. The molecule has 0 radical (unpaired) electrons. The lowest BCUT2D eigenvalue weighted by atomic mass is 9.67. The maximum Gasteiger partial charge on any atom is 0.319 e. The molecule has 1 N–H and O–H groups in total. The van der Waals surface area contributed by atoms with Crippen molar-refractivity contribution in [1.29, 1.82) is 0 Å². The number of carboxylic acids is 1. The molecule has 4 heteroatoms. The first kappa shape index (κ1) is 13.6. The highest BCUT2D eigenvalue weighted by Gasteiger charge is 2.52. The topological polar surface area (TPSA) is 57.6 Å². The SMILES string of the molecule is Cc1ccc(N(C)C(=O)C2(C(=O)O)CCC2)c(C)c1. The second kappa shape index (κ2) is 4.68. The van der Waals surface area contributed by atoms with E-state index in [-0.39, 0.29) is 5.91 Å². The second-order valence-corrected chi connectivity index (χ2v) is 5.39. The van der Waals surface area contributed by atoms with Gasteiger partial charge in [0, 0.05) is 12.7 Å². The van der Waals surface area contributed by atoms with Crippen LogP contribution in [0.4, 0.5) is 5.69 Å². The van der Waals surface area contributed by atoms with Gasteiger partial charge in [-0.1, -0.05) is 24.1 Å². The van der Waals surface area contributed by atoms with E-state index in [9.17, 15) is 14.7 Å². The number of carbonyl (C=O) groups is 2. The zero-order chi connectivity index (χ0) is 14.2. The largest absolute Gasteiger partial charge is 0.480 e. The molecular weight excluding hydrogens is 242 g/mol. The van der Waals surface area contributed by atoms with Crippen molar-refractivity contribution in [2.75, 3.05) is 11.9 Å². The number of aliphatic carboxylic acids is 1. The summed E-state index contributed by atoms with van der Waals surface area (Å²) in [5.41, 5.74) is 1.68. The Labute approximate surface area is 113 Å². The number of benzene rings is 1. The van der Waals surface area contributed by atoms with E-state index >= 15 is 0 Å². The van der Waals surface area contributed by atoms with E-state index in [1.54, 1.807) is 7.05 Å². The number of carboxylic acid groups (broad SMARTS) is 1. The van der Waals surface area contributed by atoms with Gasteiger partial charge in [0.25, 0.3) is 0 Å². The molecule has 1 amide bonds. The maximum absolute atomic E-state index is 12.5. The quantitative estimate of drug-likeness (QED) is 0.851. The van der Waals surface area contributed by atoms with E-state index in [2.05, 4.69) is 0 Å². The van der Waals surface area contributed by atoms with Gasteiger partial charge >= 0.3 is 5.97 Å². The molecule has 1 fully saturated rings. The highest BCUT2D eigenvalue weighted by atomic mass is 16.4. The van der Waals surface area contributed by atoms with Gasteiger partial charge in [0.1, 0.15) is 5.41 Å². The van der Waals surface area contributed by atoms with Crippen molar-refractivity contribution in [3.05, 3.63) is 29.3 Å². The molecule has 1 aliphatic rings. The predicted octanol–water partition coefficient (Wildman–Crippen LogP) is 2.52. The van der Waals surface area contributed by atoms with Crippen LogP contribution in [-0.4, -0.2) is 24.0 Å². The van der Waals surface area contributed by atoms with Crippen LogP contribution in [0.3, 0.4) is 0 Å². The number of anilines is 1. The Hall–Kier alpha value is -1.84. The highest BCUT2D eigenvalue weighted by Crippen LogP contribution is 2.43. The molecule has 0 saturated heterocycles. The first-order valence-corrected chi connectivity index (χ1v) is 6.47. The molecule has 2 rings (SSSR count). The minimum Gasteiger partial charge on any atom is -0.480 e. The van der Waals surface area contributed by atoms with Crippen LogP contribution in [0.2, 0.25) is 0 Å². The predicted molar refractivity (Wildman–Crippen MR) is 73.2 cm³/mol. The summed E-state index contributed by atoms with van der Waals surface area (Å²) in [7, 11) is 1.66. The second-order valence-electron chi connectivity index (χ2n) is 5.39. The molecule has 19 heavy (non-hydrogen) atoms. The molecule has 0 aromatic heterocycles. The van der Waals surface area contributed by atoms with Crippen molar-refractivity contribution in [2.24, 2.45) is 5.41 Å². The average Bonchev–Trinajstić information content (AvgIpc) is 2.25. The Morgan fingerprint density at radius 3 is 2.32 bits per heavy atom. The lowest BCUT2D eigenvalue weighted by Crippen LogP contribution is -2.51. The van der Waals surface area contributed by atoms with E-state index in [0.717, 1.165) is 23.2 Å². The van der Waals surface area contributed by atoms with Crippen LogP contribution in [0.25, 0.3) is 0 Å². The molecule has 4 nitrogen and oxygen atoms in total. The molecule has 0 atom stereocenters. The van der Waals surface area contributed by atoms with E-state index < -0.39 is 11.4 Å². The third-order valence-electron chi connectivity index (χ3n) is 4.04. The molecule has 0 bridgehead atoms. The van der Waals surface area contributed by atoms with Crippen molar-refractivity contribution in [3.63, 3.8) is 0 Å². The van der Waals surface area contributed by atoms with Crippen LogP contribution in [0.1, 0.15) is 30.4 Å². The van der Waals surface area contributed by atoms with Gasteiger partial charge in [-0.05, 0) is 38.3 Å². The summed E-state index contributed by atoms with van der Waals surface area (Å²) >= 11 is 0. The lowest BCUT2D eigenvalue weighted by molar-refractivity contribution is -0.160. The summed E-state index contributed by atoms with van der Waals surface area (Å²) < 4.78 is 0. The molecule has 0 spiro atoms. The molecule has 1 aromatic carbocycles. The van der Waals surface area contributed by atoms with Gasteiger partial charge in [-0.25, -0.2) is 0 Å². The summed E-state index contributed by atoms with van der Waals surface area (Å²) in [5, 5.41) is 9.32. The molecular formula is C15H19NO3. The fourth-order valence-electron chi connectivity index (χ4n) is 2.66. The van der Waals surface area contributed by atoms with E-state index in [0.29, 0.717) is 12.8 Å². The standard InChI is InChI=1S/C15H19NO3/c1-10-5-6-12(11(2)9-10)16(3)13(17)15(14(18)19)7-4-8-15/h5-6,9H,4,7-8H2,1-3H3,(H,18,19). The van der Waals surface area contributed by atoms with Gasteiger partial charge in [0.05, 0.1) is 0 Å². The maximum atomic E-state index is 12.5. The molecule has 1 aliphatic carbocycles. The van der Waals surface area contributed by atoms with Crippen molar-refractivity contribution in [3.8, 4) is 0 Å². The van der Waals surface area contributed by atoms with Crippen LogP contribution in [0.5, 0.6) is 0 Å². The van der Waals surface area contributed by atoms with Crippen LogP contribution >= 0.6 is 0 Å². The zero-order valence-corrected chi connectivity index (χ0v) is 11.6. The van der Waals surface area contributed by atoms with Gasteiger partial charge in [0.2, 0.25) is 5.91 Å². The van der Waals surface area contributed by atoms with Crippen molar-refractivity contribution in [2.45, 2.75) is 33.1 Å². The number of hydrogen-bond donors (Lipinski definition) is 1. The number of amides is 1. The molecule has 102 valence electrons. The summed E-state index contributed by atoms with van der Waals surface area (Å²) in [5.74, 6) is -1.31. The Morgan fingerprint density at radius 2 is 1.89 bits per heavy atom.